The number of carbonyl (C=O) groups excluding carboxylic acids is 1. The maximum Gasteiger partial charge on any atom is 0.151 e. The van der Waals surface area contributed by atoms with Crippen LogP contribution in [0.5, 0.6) is 0 Å². The number of carbonyl (C=O) groups is 1. The molecule has 6 heteroatoms. The van der Waals surface area contributed by atoms with E-state index in [4.69, 9.17) is 10.2 Å². The summed E-state index contributed by atoms with van der Waals surface area (Å²) >= 11 is 0. The Morgan fingerprint density at radius 2 is 1.64 bits per heavy atom. The van der Waals surface area contributed by atoms with Crippen molar-refractivity contribution < 1.29 is 30.3 Å². The van der Waals surface area contributed by atoms with Crippen LogP contribution in [0, 0.1) is 0 Å². The quantitative estimate of drug-likeness (QED) is 0.316. The Bertz CT molecular complexity index is 200. The van der Waals surface area contributed by atoms with Gasteiger partial charge in [0.15, 0.2) is 6.29 Å². The maximum absolute atomic E-state index is 10.2. The molecule has 0 bridgehead atoms. The number of hydrogen-bond donors (Lipinski definition) is 5. The summed E-state index contributed by atoms with van der Waals surface area (Å²) in [6.45, 7) is 1.21. The van der Waals surface area contributed by atoms with Crippen LogP contribution < -0.4 is 0 Å². The van der Waals surface area contributed by atoms with Crippen molar-refractivity contribution in [3.63, 3.8) is 0 Å². The summed E-state index contributed by atoms with van der Waals surface area (Å²) in [6.07, 6.45) is -3.47. The molecule has 0 aromatic rings. The van der Waals surface area contributed by atoms with E-state index in [0.29, 0.717) is 0 Å². The minimum Gasteiger partial charge on any atom is -0.394 e. The second-order valence-electron chi connectivity index (χ2n) is 3.57. The molecule has 0 radical (unpaired) electrons. The third-order valence-electron chi connectivity index (χ3n) is 2.55. The second kappa shape index (κ2) is 4.33. The third-order valence-corrected chi connectivity index (χ3v) is 2.55. The molecule has 0 aromatic heterocycles. The van der Waals surface area contributed by atoms with Crippen LogP contribution in [0.2, 0.25) is 0 Å². The second-order valence-corrected chi connectivity index (χ2v) is 3.57. The molecular formula is C8H16O6. The van der Waals surface area contributed by atoms with Crippen molar-refractivity contribution in [1.82, 2.24) is 0 Å². The van der Waals surface area contributed by atoms with Crippen LogP contribution in [-0.4, -0.2) is 61.8 Å². The van der Waals surface area contributed by atoms with Crippen molar-refractivity contribution in [3.05, 3.63) is 0 Å². The summed E-state index contributed by atoms with van der Waals surface area (Å²) in [6, 6.07) is 0. The summed E-state index contributed by atoms with van der Waals surface area (Å²) in [5.74, 6) is 0. The Hall–Kier alpha value is -0.530. The molecule has 0 saturated carbocycles. The molecule has 0 spiro atoms. The van der Waals surface area contributed by atoms with Gasteiger partial charge in [-0.3, -0.25) is 0 Å². The molecule has 0 unspecified atom stereocenters. The molecule has 0 saturated heterocycles. The van der Waals surface area contributed by atoms with Gasteiger partial charge in [-0.2, -0.15) is 0 Å². The fraction of sp³-hybridized carbons (Fsp3) is 0.875. The summed E-state index contributed by atoms with van der Waals surface area (Å²) in [5.41, 5.74) is -4.43. The Labute approximate surface area is 81.4 Å². The first-order chi connectivity index (χ1) is 6.21. The van der Waals surface area contributed by atoms with Crippen molar-refractivity contribution in [1.29, 1.82) is 0 Å². The van der Waals surface area contributed by atoms with E-state index in [0.717, 1.165) is 13.8 Å². The van der Waals surface area contributed by atoms with Gasteiger partial charge in [-0.15, -0.1) is 0 Å². The molecule has 0 aliphatic heterocycles. The Balaban J connectivity index is 4.94. The van der Waals surface area contributed by atoms with Crippen molar-refractivity contribution in [2.45, 2.75) is 37.3 Å². The van der Waals surface area contributed by atoms with Crippen LogP contribution in [0.3, 0.4) is 0 Å². The maximum atomic E-state index is 10.2. The lowest BCUT2D eigenvalue weighted by Gasteiger charge is -2.42. The van der Waals surface area contributed by atoms with E-state index in [1.165, 1.54) is 0 Å². The van der Waals surface area contributed by atoms with Crippen LogP contribution in [-0.2, 0) is 4.79 Å². The molecule has 5 N–H and O–H groups in total. The molecule has 0 aliphatic rings. The molecule has 0 amide bonds. The fourth-order valence-corrected chi connectivity index (χ4v) is 0.947. The van der Waals surface area contributed by atoms with E-state index in [1.54, 1.807) is 0 Å². The average Bonchev–Trinajstić information content (AvgIpc) is 2.14. The molecule has 6 nitrogen and oxygen atoms in total. The molecule has 0 aromatic carbocycles. The largest absolute Gasteiger partial charge is 0.394 e. The van der Waals surface area contributed by atoms with Crippen molar-refractivity contribution in [2.24, 2.45) is 0 Å². The third kappa shape index (κ3) is 2.10. The molecule has 0 fully saturated rings. The van der Waals surface area contributed by atoms with Crippen LogP contribution in [0.25, 0.3) is 0 Å². The Kier molecular flexibility index (Phi) is 4.16. The predicted molar refractivity (Wildman–Crippen MR) is 46.4 cm³/mol. The first kappa shape index (κ1) is 13.5. The van der Waals surface area contributed by atoms with Gasteiger partial charge in [-0.25, -0.2) is 0 Å². The normalized spacial score (nSPS) is 24.5. The topological polar surface area (TPSA) is 118 Å². The summed E-state index contributed by atoms with van der Waals surface area (Å²) in [5, 5.41) is 46.1. The van der Waals surface area contributed by atoms with Crippen LogP contribution in [0.1, 0.15) is 13.8 Å². The molecular weight excluding hydrogens is 192 g/mol. The highest BCUT2D eigenvalue weighted by molar-refractivity contribution is 5.58. The molecule has 4 atom stereocenters. The zero-order valence-electron chi connectivity index (χ0n) is 8.08. The van der Waals surface area contributed by atoms with Gasteiger partial charge in [0, 0.05) is 0 Å². The SMILES string of the molecule is C[C@](O)([C@H](O)CO)[C@](C)(O)[C@@H](O)C=O. The van der Waals surface area contributed by atoms with E-state index >= 15 is 0 Å². The van der Waals surface area contributed by atoms with Crippen molar-refractivity contribution in [3.8, 4) is 0 Å². The van der Waals surface area contributed by atoms with Gasteiger partial charge in [0.2, 0.25) is 0 Å². The lowest BCUT2D eigenvalue weighted by atomic mass is 9.78. The van der Waals surface area contributed by atoms with Gasteiger partial charge >= 0.3 is 0 Å². The van der Waals surface area contributed by atoms with Gasteiger partial charge in [-0.05, 0) is 13.8 Å². The summed E-state index contributed by atoms with van der Waals surface area (Å²) < 4.78 is 0. The minimum atomic E-state index is -2.24. The number of aliphatic hydroxyl groups excluding tert-OH is 3. The highest BCUT2D eigenvalue weighted by Gasteiger charge is 2.51. The smallest absolute Gasteiger partial charge is 0.151 e. The first-order valence-electron chi connectivity index (χ1n) is 4.08. The average molecular weight is 208 g/mol. The number of aldehydes is 1. The van der Waals surface area contributed by atoms with E-state index in [2.05, 4.69) is 0 Å². The fourth-order valence-electron chi connectivity index (χ4n) is 0.947. The van der Waals surface area contributed by atoms with E-state index in [-0.39, 0.29) is 6.29 Å². The summed E-state index contributed by atoms with van der Waals surface area (Å²) in [4.78, 5) is 10.2. The number of aliphatic hydroxyl groups is 5. The molecule has 0 aliphatic carbocycles. The van der Waals surface area contributed by atoms with E-state index in [1.807, 2.05) is 0 Å². The van der Waals surface area contributed by atoms with Gasteiger partial charge in [0.05, 0.1) is 6.61 Å². The molecule has 84 valence electrons. The zero-order chi connectivity index (χ0) is 11.6. The highest BCUT2D eigenvalue weighted by Crippen LogP contribution is 2.28. The molecule has 0 rings (SSSR count). The van der Waals surface area contributed by atoms with Gasteiger partial charge in [0.1, 0.15) is 23.4 Å². The van der Waals surface area contributed by atoms with Crippen LogP contribution >= 0.6 is 0 Å². The monoisotopic (exact) mass is 208 g/mol. The first-order valence-corrected chi connectivity index (χ1v) is 4.08. The van der Waals surface area contributed by atoms with E-state index in [9.17, 15) is 20.1 Å². The van der Waals surface area contributed by atoms with Crippen molar-refractivity contribution >= 4 is 6.29 Å². The zero-order valence-corrected chi connectivity index (χ0v) is 8.08. The van der Waals surface area contributed by atoms with Gasteiger partial charge in [-0.1, -0.05) is 0 Å². The molecule has 14 heavy (non-hydrogen) atoms. The summed E-state index contributed by atoms with van der Waals surface area (Å²) in [7, 11) is 0. The minimum absolute atomic E-state index is 0.0402. The van der Waals surface area contributed by atoms with Crippen LogP contribution in [0.15, 0.2) is 0 Å². The highest BCUT2D eigenvalue weighted by atomic mass is 16.4. The lowest BCUT2D eigenvalue weighted by molar-refractivity contribution is -0.222. The Morgan fingerprint density at radius 1 is 1.21 bits per heavy atom. The van der Waals surface area contributed by atoms with Gasteiger partial charge < -0.3 is 30.3 Å². The molecule has 0 heterocycles. The standard InChI is InChI=1S/C8H16O6/c1-7(13,5(11)3-9)8(2,14)6(12)4-10/h3,5-6,10-14H,4H2,1-2H3/t5-,6+,7+,8-/m0/s1. The lowest BCUT2D eigenvalue weighted by Crippen LogP contribution is -2.64. The number of hydrogen-bond acceptors (Lipinski definition) is 6. The predicted octanol–water partition coefficient (Wildman–Crippen LogP) is -2.60. The van der Waals surface area contributed by atoms with Crippen molar-refractivity contribution in [2.75, 3.05) is 6.61 Å². The number of rotatable bonds is 5. The Morgan fingerprint density at radius 3 is 1.93 bits per heavy atom. The van der Waals surface area contributed by atoms with Gasteiger partial charge in [0.25, 0.3) is 0 Å². The van der Waals surface area contributed by atoms with E-state index < -0.39 is 30.0 Å². The van der Waals surface area contributed by atoms with Crippen LogP contribution in [0.4, 0.5) is 0 Å².